The number of nitrogens with one attached hydrogen (secondary N) is 1. The minimum absolute atomic E-state index is 0.00618. The van der Waals surface area contributed by atoms with Gasteiger partial charge in [0.1, 0.15) is 16.6 Å². The Hall–Kier alpha value is -3.27. The van der Waals surface area contributed by atoms with E-state index < -0.39 is 29.2 Å². The van der Waals surface area contributed by atoms with Crippen LogP contribution < -0.4 is 15.8 Å². The Balaban J connectivity index is 1.82. The van der Waals surface area contributed by atoms with Crippen LogP contribution in [0, 0.1) is 11.6 Å². The van der Waals surface area contributed by atoms with Crippen molar-refractivity contribution in [2.45, 2.75) is 32.2 Å². The Bertz CT molecular complexity index is 1260. The van der Waals surface area contributed by atoms with Crippen LogP contribution >= 0.6 is 11.6 Å². The van der Waals surface area contributed by atoms with E-state index in [9.17, 15) is 23.5 Å². The number of halogens is 3. The first-order valence-corrected chi connectivity index (χ1v) is 10.5. The number of fused-ring (bicyclic) bond motifs is 1. The number of anilines is 2. The summed E-state index contributed by atoms with van der Waals surface area (Å²) >= 11 is 5.80. The molecule has 1 atom stereocenters. The molecule has 0 aliphatic carbocycles. The fraction of sp³-hybridized carbons (Fsp3) is 0.333. The van der Waals surface area contributed by atoms with Crippen LogP contribution in [0.3, 0.4) is 0 Å². The number of carboxylic acid groups (broad SMARTS) is 1. The number of carboxylic acids is 1. The van der Waals surface area contributed by atoms with Gasteiger partial charge in [-0.05, 0) is 44.4 Å². The van der Waals surface area contributed by atoms with Crippen molar-refractivity contribution in [3.05, 3.63) is 62.8 Å². The van der Waals surface area contributed by atoms with Crippen molar-refractivity contribution in [3.8, 4) is 0 Å². The molecule has 0 radical (unpaired) electrons. The number of rotatable bonds is 5. The van der Waals surface area contributed by atoms with Gasteiger partial charge in [0, 0.05) is 24.8 Å². The number of aromatic carboxylic acids is 1. The molecule has 2 N–H and O–H groups in total. The van der Waals surface area contributed by atoms with E-state index in [0.717, 1.165) is 29.9 Å². The second kappa shape index (κ2) is 8.70. The Morgan fingerprint density at radius 2 is 1.94 bits per heavy atom. The smallest absolute Gasteiger partial charge is 0.356 e. The summed E-state index contributed by atoms with van der Waals surface area (Å²) in [6, 6.07) is 3.34. The van der Waals surface area contributed by atoms with Gasteiger partial charge in [0.05, 0.1) is 11.7 Å². The van der Waals surface area contributed by atoms with Gasteiger partial charge in [-0.25, -0.2) is 19.2 Å². The fourth-order valence-corrected chi connectivity index (χ4v) is 4.01. The first kappa shape index (κ1) is 21.9. The lowest BCUT2D eigenvalue weighted by Gasteiger charge is -2.28. The molecule has 1 aliphatic rings. The summed E-state index contributed by atoms with van der Waals surface area (Å²) in [5.74, 6) is -3.15. The first-order chi connectivity index (χ1) is 15.3. The second-order valence-corrected chi connectivity index (χ2v) is 8.00. The normalized spacial score (nSPS) is 15.1. The highest BCUT2D eigenvalue weighted by atomic mass is 35.5. The van der Waals surface area contributed by atoms with Crippen molar-refractivity contribution in [1.82, 2.24) is 14.4 Å². The molecule has 0 unspecified atom stereocenters. The molecule has 0 amide bonds. The maximum atomic E-state index is 14.8. The Kier molecular flexibility index (Phi) is 5.96. The summed E-state index contributed by atoms with van der Waals surface area (Å²) in [4.78, 5) is 34.1. The second-order valence-electron chi connectivity index (χ2n) is 7.61. The molecule has 4 rings (SSSR count). The largest absolute Gasteiger partial charge is 0.476 e. The van der Waals surface area contributed by atoms with E-state index in [1.54, 1.807) is 11.8 Å². The van der Waals surface area contributed by atoms with Crippen molar-refractivity contribution in [1.29, 1.82) is 0 Å². The van der Waals surface area contributed by atoms with Crippen molar-refractivity contribution in [2.75, 3.05) is 23.3 Å². The topological polar surface area (TPSA) is 99.8 Å². The number of nitrogens with zero attached hydrogens (tertiary/aromatic N) is 4. The third-order valence-corrected chi connectivity index (χ3v) is 5.62. The number of hydrogen-bond acceptors (Lipinski definition) is 6. The van der Waals surface area contributed by atoms with E-state index in [2.05, 4.69) is 15.3 Å². The molecule has 1 fully saturated rings. The van der Waals surface area contributed by atoms with Crippen LogP contribution in [0.5, 0.6) is 0 Å². The zero-order valence-electron chi connectivity index (χ0n) is 17.1. The molecule has 1 aliphatic heterocycles. The van der Waals surface area contributed by atoms with Gasteiger partial charge >= 0.3 is 5.97 Å². The molecule has 3 aromatic rings. The van der Waals surface area contributed by atoms with Gasteiger partial charge in [0.2, 0.25) is 5.82 Å². The average Bonchev–Trinajstić information content (AvgIpc) is 2.77. The van der Waals surface area contributed by atoms with Gasteiger partial charge in [-0.2, -0.15) is 4.39 Å². The van der Waals surface area contributed by atoms with Crippen LogP contribution in [0.2, 0.25) is 5.15 Å². The van der Waals surface area contributed by atoms with Gasteiger partial charge in [0.25, 0.3) is 5.56 Å². The third-order valence-electron chi connectivity index (χ3n) is 5.40. The average molecular weight is 464 g/mol. The summed E-state index contributed by atoms with van der Waals surface area (Å²) in [5, 5.41) is 12.4. The quantitative estimate of drug-likeness (QED) is 0.554. The van der Waals surface area contributed by atoms with Crippen molar-refractivity contribution >= 4 is 34.7 Å². The van der Waals surface area contributed by atoms with Gasteiger partial charge < -0.3 is 15.3 Å². The van der Waals surface area contributed by atoms with Crippen LogP contribution in [0.15, 0.2) is 29.2 Å². The predicted octanol–water partition coefficient (Wildman–Crippen LogP) is 3.88. The van der Waals surface area contributed by atoms with Crippen LogP contribution in [-0.4, -0.2) is 38.5 Å². The summed E-state index contributed by atoms with van der Waals surface area (Å²) < 4.78 is 30.0. The molecule has 4 heterocycles. The van der Waals surface area contributed by atoms with Crippen LogP contribution in [-0.2, 0) is 0 Å². The Labute approximate surface area is 186 Å². The molecular weight excluding hydrogens is 444 g/mol. The van der Waals surface area contributed by atoms with Crippen LogP contribution in [0.25, 0.3) is 5.65 Å². The fourth-order valence-electron chi connectivity index (χ4n) is 3.86. The molecule has 3 aromatic heterocycles. The van der Waals surface area contributed by atoms with E-state index in [-0.39, 0.29) is 33.6 Å². The summed E-state index contributed by atoms with van der Waals surface area (Å²) in [7, 11) is 0. The number of hydrogen-bond donors (Lipinski definition) is 2. The highest BCUT2D eigenvalue weighted by Gasteiger charge is 2.24. The van der Waals surface area contributed by atoms with Crippen molar-refractivity contribution in [3.63, 3.8) is 0 Å². The van der Waals surface area contributed by atoms with E-state index >= 15 is 0 Å². The highest BCUT2D eigenvalue weighted by Crippen LogP contribution is 2.27. The minimum atomic E-state index is -1.30. The molecule has 1 saturated heterocycles. The van der Waals surface area contributed by atoms with Gasteiger partial charge in [-0.3, -0.25) is 9.20 Å². The Morgan fingerprint density at radius 3 is 2.62 bits per heavy atom. The van der Waals surface area contributed by atoms with E-state index in [0.29, 0.717) is 13.1 Å². The van der Waals surface area contributed by atoms with Crippen LogP contribution in [0.1, 0.15) is 48.3 Å². The zero-order chi connectivity index (χ0) is 23.0. The van der Waals surface area contributed by atoms with Crippen molar-refractivity contribution in [2.24, 2.45) is 0 Å². The summed E-state index contributed by atoms with van der Waals surface area (Å²) in [6.07, 6.45) is 3.62. The van der Waals surface area contributed by atoms with Gasteiger partial charge in [0.15, 0.2) is 11.5 Å². The lowest BCUT2D eigenvalue weighted by molar-refractivity contribution is 0.0691. The molecule has 8 nitrogen and oxygen atoms in total. The standard InChI is InChI=1S/C21H20ClF2N5O3/c1-11(25-14-5-6-15(22)26-17(14)21(31)32)13-9-12(23)10-29-18(13)27-19(16(24)20(29)30)28-7-3-2-4-8-28/h5-6,9-11,25H,2-4,7-8H2,1H3,(H,31,32)/t11-/m1/s1. The molecular formula is C21H20ClF2N5O3. The first-order valence-electron chi connectivity index (χ1n) is 10.1. The van der Waals surface area contributed by atoms with Gasteiger partial charge in [-0.1, -0.05) is 11.6 Å². The van der Waals surface area contributed by atoms with E-state index in [1.165, 1.54) is 18.2 Å². The predicted molar refractivity (Wildman–Crippen MR) is 116 cm³/mol. The lowest BCUT2D eigenvalue weighted by atomic mass is 10.1. The lowest BCUT2D eigenvalue weighted by Crippen LogP contribution is -2.34. The maximum Gasteiger partial charge on any atom is 0.356 e. The molecule has 0 aromatic carbocycles. The summed E-state index contributed by atoms with van der Waals surface area (Å²) in [5.41, 5.74) is -0.820. The van der Waals surface area contributed by atoms with Crippen molar-refractivity contribution < 1.29 is 18.7 Å². The maximum absolute atomic E-state index is 14.8. The summed E-state index contributed by atoms with van der Waals surface area (Å²) in [6.45, 7) is 2.79. The Morgan fingerprint density at radius 1 is 1.22 bits per heavy atom. The van der Waals surface area contributed by atoms with Gasteiger partial charge in [-0.15, -0.1) is 0 Å². The molecule has 11 heteroatoms. The molecule has 168 valence electrons. The minimum Gasteiger partial charge on any atom is -0.476 e. The van der Waals surface area contributed by atoms with E-state index in [4.69, 9.17) is 11.6 Å². The van der Waals surface area contributed by atoms with E-state index in [1.807, 2.05) is 0 Å². The van der Waals surface area contributed by atoms with Crippen LogP contribution in [0.4, 0.5) is 20.3 Å². The number of carbonyl (C=O) groups is 1. The molecule has 0 saturated carbocycles. The SMILES string of the molecule is C[C@@H](Nc1ccc(Cl)nc1C(=O)O)c1cc(F)cn2c(=O)c(F)c(N3CCCCC3)nc12. The molecule has 0 bridgehead atoms. The monoisotopic (exact) mass is 463 g/mol. The number of piperidine rings is 1. The number of aromatic nitrogens is 3. The molecule has 0 spiro atoms. The molecule has 32 heavy (non-hydrogen) atoms. The third kappa shape index (κ3) is 4.10. The zero-order valence-corrected chi connectivity index (χ0v) is 17.9. The number of pyridine rings is 2. The highest BCUT2D eigenvalue weighted by molar-refractivity contribution is 6.29.